The number of thiophene rings is 1. The minimum absolute atomic E-state index is 0.0298. The van der Waals surface area contributed by atoms with Crippen LogP contribution in [0.25, 0.3) is 10.7 Å². The van der Waals surface area contributed by atoms with Crippen LogP contribution >= 0.6 is 11.3 Å². The molecule has 0 aliphatic rings. The van der Waals surface area contributed by atoms with Crippen molar-refractivity contribution in [1.82, 2.24) is 15.5 Å². The van der Waals surface area contributed by atoms with Gasteiger partial charge in [0.05, 0.1) is 18.0 Å². The zero-order valence-electron chi connectivity index (χ0n) is 14.8. The summed E-state index contributed by atoms with van der Waals surface area (Å²) in [5.74, 6) is 1.80. The monoisotopic (exact) mass is 371 g/mol. The van der Waals surface area contributed by atoms with Crippen LogP contribution in [0.2, 0.25) is 0 Å². The van der Waals surface area contributed by atoms with Gasteiger partial charge in [0.15, 0.2) is 0 Å². The van der Waals surface area contributed by atoms with Gasteiger partial charge in [-0.15, -0.1) is 11.3 Å². The lowest BCUT2D eigenvalue weighted by atomic mass is 10.0. The van der Waals surface area contributed by atoms with Crippen LogP contribution in [0.3, 0.4) is 0 Å². The topological polar surface area (TPSA) is 77.3 Å². The summed E-state index contributed by atoms with van der Waals surface area (Å²) < 4.78 is 10.4. The number of aromatic nitrogens is 2. The average molecular weight is 371 g/mol. The Balaban J connectivity index is 1.54. The first-order chi connectivity index (χ1) is 12.7. The molecule has 0 aliphatic heterocycles. The smallest absolute Gasteiger partial charge is 0.227 e. The number of aryl methyl sites for hydroxylation is 1. The molecule has 0 spiro atoms. The normalized spacial score (nSPS) is 11.9. The Morgan fingerprint density at radius 1 is 1.31 bits per heavy atom. The lowest BCUT2D eigenvalue weighted by molar-refractivity contribution is -0.121. The second-order valence-corrected chi connectivity index (χ2v) is 6.74. The van der Waals surface area contributed by atoms with Crippen LogP contribution in [0.4, 0.5) is 0 Å². The Labute approximate surface area is 156 Å². The molecule has 0 saturated carbocycles. The summed E-state index contributed by atoms with van der Waals surface area (Å²) in [5, 5.41) is 8.98. The number of carbonyl (C=O) groups is 1. The van der Waals surface area contributed by atoms with Crippen molar-refractivity contribution in [3.63, 3.8) is 0 Å². The van der Waals surface area contributed by atoms with Crippen LogP contribution in [-0.2, 0) is 11.2 Å². The minimum atomic E-state index is -0.0384. The van der Waals surface area contributed by atoms with Crippen molar-refractivity contribution >= 4 is 17.2 Å². The van der Waals surface area contributed by atoms with E-state index in [-0.39, 0.29) is 11.9 Å². The largest absolute Gasteiger partial charge is 0.497 e. The third kappa shape index (κ3) is 4.49. The Bertz CT molecular complexity index is 828. The molecule has 3 rings (SSSR count). The first-order valence-electron chi connectivity index (χ1n) is 8.49. The van der Waals surface area contributed by atoms with Gasteiger partial charge in [0.25, 0.3) is 0 Å². The average Bonchev–Trinajstić information content (AvgIpc) is 3.36. The van der Waals surface area contributed by atoms with Gasteiger partial charge in [0.1, 0.15) is 5.75 Å². The third-order valence-corrected chi connectivity index (χ3v) is 4.90. The van der Waals surface area contributed by atoms with Gasteiger partial charge in [-0.2, -0.15) is 4.98 Å². The molecule has 26 heavy (non-hydrogen) atoms. The Kier molecular flexibility index (Phi) is 6.01. The van der Waals surface area contributed by atoms with Gasteiger partial charge in [-0.05, 0) is 35.6 Å². The van der Waals surface area contributed by atoms with E-state index in [0.29, 0.717) is 24.6 Å². The molecular weight excluding hydrogens is 350 g/mol. The lowest BCUT2D eigenvalue weighted by Crippen LogP contribution is -2.28. The minimum Gasteiger partial charge on any atom is -0.497 e. The maximum Gasteiger partial charge on any atom is 0.227 e. The second-order valence-electron chi connectivity index (χ2n) is 5.79. The molecule has 3 aromatic rings. The zero-order valence-corrected chi connectivity index (χ0v) is 15.6. The molecule has 0 radical (unpaired) electrons. The molecule has 7 heteroatoms. The molecule has 2 heterocycles. The molecule has 1 aromatic carbocycles. The molecular formula is C19H21N3O3S. The molecule has 136 valence electrons. The fourth-order valence-electron chi connectivity index (χ4n) is 2.61. The first kappa shape index (κ1) is 18.1. The Morgan fingerprint density at radius 2 is 2.12 bits per heavy atom. The van der Waals surface area contributed by atoms with Gasteiger partial charge in [-0.1, -0.05) is 30.3 Å². The van der Waals surface area contributed by atoms with Crippen LogP contribution in [0.15, 0.2) is 46.3 Å². The van der Waals surface area contributed by atoms with Crippen LogP contribution in [0, 0.1) is 0 Å². The molecule has 1 unspecified atom stereocenters. The van der Waals surface area contributed by atoms with E-state index in [4.69, 9.17) is 9.26 Å². The van der Waals surface area contributed by atoms with Crippen LogP contribution < -0.4 is 10.1 Å². The molecule has 6 nitrogen and oxygen atoms in total. The van der Waals surface area contributed by atoms with Crippen molar-refractivity contribution in [2.75, 3.05) is 7.11 Å². The maximum atomic E-state index is 12.3. The molecule has 1 atom stereocenters. The molecule has 0 saturated heterocycles. The zero-order chi connectivity index (χ0) is 18.4. The van der Waals surface area contributed by atoms with E-state index in [9.17, 15) is 4.79 Å². The van der Waals surface area contributed by atoms with Gasteiger partial charge < -0.3 is 14.6 Å². The summed E-state index contributed by atoms with van der Waals surface area (Å²) in [6.45, 7) is 2.04. The highest BCUT2D eigenvalue weighted by molar-refractivity contribution is 7.13. The van der Waals surface area contributed by atoms with Crippen molar-refractivity contribution in [1.29, 1.82) is 0 Å². The van der Waals surface area contributed by atoms with E-state index < -0.39 is 0 Å². The number of benzene rings is 1. The highest BCUT2D eigenvalue weighted by Gasteiger charge is 2.15. The van der Waals surface area contributed by atoms with Gasteiger partial charge in [-0.3, -0.25) is 4.79 Å². The van der Waals surface area contributed by atoms with Crippen molar-refractivity contribution in [3.8, 4) is 16.5 Å². The molecule has 0 bridgehead atoms. The van der Waals surface area contributed by atoms with E-state index in [1.807, 2.05) is 48.7 Å². The summed E-state index contributed by atoms with van der Waals surface area (Å²) in [7, 11) is 1.63. The van der Waals surface area contributed by atoms with Gasteiger partial charge in [0, 0.05) is 12.8 Å². The van der Waals surface area contributed by atoms with E-state index in [2.05, 4.69) is 15.5 Å². The van der Waals surface area contributed by atoms with E-state index in [1.54, 1.807) is 18.4 Å². The van der Waals surface area contributed by atoms with Crippen molar-refractivity contribution in [3.05, 3.63) is 53.2 Å². The van der Waals surface area contributed by atoms with Crippen LogP contribution in [0.5, 0.6) is 5.75 Å². The number of rotatable bonds is 8. The number of nitrogens with zero attached hydrogens (tertiary/aromatic N) is 2. The first-order valence-corrected chi connectivity index (χ1v) is 9.37. The highest BCUT2D eigenvalue weighted by atomic mass is 32.1. The fraction of sp³-hybridized carbons (Fsp3) is 0.316. The predicted molar refractivity (Wildman–Crippen MR) is 100 cm³/mol. The molecule has 1 amide bonds. The summed E-state index contributed by atoms with van der Waals surface area (Å²) in [6, 6.07) is 11.6. The van der Waals surface area contributed by atoms with Crippen LogP contribution in [0.1, 0.15) is 37.3 Å². The third-order valence-electron chi connectivity index (χ3n) is 4.04. The van der Waals surface area contributed by atoms with E-state index in [0.717, 1.165) is 22.6 Å². The summed E-state index contributed by atoms with van der Waals surface area (Å²) >= 11 is 1.55. The van der Waals surface area contributed by atoms with Crippen LogP contribution in [-0.4, -0.2) is 23.2 Å². The molecule has 0 aliphatic carbocycles. The number of carbonyl (C=O) groups excluding carboxylic acids is 1. The standard InChI is InChI=1S/C19H21N3O3S/c1-3-15(13-6-8-14(24-2)9-7-13)20-17(23)10-11-18-21-19(22-25-18)16-5-4-12-26-16/h4-9,12,15H,3,10-11H2,1-2H3,(H,20,23). The fourth-order valence-corrected chi connectivity index (χ4v) is 3.26. The van der Waals surface area contributed by atoms with Crippen molar-refractivity contribution in [2.45, 2.75) is 32.2 Å². The Hall–Kier alpha value is -2.67. The maximum absolute atomic E-state index is 12.3. The summed E-state index contributed by atoms with van der Waals surface area (Å²) in [6.07, 6.45) is 1.53. The van der Waals surface area contributed by atoms with E-state index >= 15 is 0 Å². The van der Waals surface area contributed by atoms with Gasteiger partial charge >= 0.3 is 0 Å². The Morgan fingerprint density at radius 3 is 2.77 bits per heavy atom. The number of amides is 1. The summed E-state index contributed by atoms with van der Waals surface area (Å²) in [5.41, 5.74) is 1.06. The number of hydrogen-bond acceptors (Lipinski definition) is 6. The number of methoxy groups -OCH3 is 1. The molecule has 2 aromatic heterocycles. The molecule has 0 fully saturated rings. The second kappa shape index (κ2) is 8.62. The SMILES string of the molecule is CCC(NC(=O)CCc1nc(-c2cccs2)no1)c1ccc(OC)cc1. The van der Waals surface area contributed by atoms with E-state index in [1.165, 1.54) is 0 Å². The van der Waals surface area contributed by atoms with Gasteiger partial charge in [0.2, 0.25) is 17.6 Å². The number of hydrogen-bond donors (Lipinski definition) is 1. The quantitative estimate of drug-likeness (QED) is 0.647. The molecule has 1 N–H and O–H groups in total. The van der Waals surface area contributed by atoms with Crippen molar-refractivity contribution in [2.24, 2.45) is 0 Å². The van der Waals surface area contributed by atoms with Gasteiger partial charge in [-0.25, -0.2) is 0 Å². The predicted octanol–water partition coefficient (Wildman–Crippen LogP) is 4.01. The van der Waals surface area contributed by atoms with Crippen molar-refractivity contribution < 1.29 is 14.1 Å². The number of nitrogens with one attached hydrogen (secondary N) is 1. The lowest BCUT2D eigenvalue weighted by Gasteiger charge is -2.17. The summed E-state index contributed by atoms with van der Waals surface area (Å²) in [4.78, 5) is 17.6. The number of ether oxygens (including phenoxy) is 1. The highest BCUT2D eigenvalue weighted by Crippen LogP contribution is 2.22.